The van der Waals surface area contributed by atoms with Crippen LogP contribution in [-0.2, 0) is 4.79 Å². The van der Waals surface area contributed by atoms with Gasteiger partial charge in [-0.1, -0.05) is 48.8 Å². The van der Waals surface area contributed by atoms with Crippen LogP contribution in [-0.4, -0.2) is 34.2 Å². The van der Waals surface area contributed by atoms with E-state index in [1.54, 1.807) is 38.1 Å². The minimum Gasteiger partial charge on any atom is -0.480 e. The molecule has 1 aromatic heterocycles. The Kier molecular flexibility index (Phi) is 7.12. The third-order valence-electron chi connectivity index (χ3n) is 5.02. The van der Waals surface area contributed by atoms with Crippen molar-refractivity contribution in [2.24, 2.45) is 5.92 Å². The Morgan fingerprint density at radius 3 is 2.27 bits per heavy atom. The number of benzene rings is 2. The number of carbonyl (C=O) groups is 3. The normalized spacial score (nSPS) is 11.7. The fourth-order valence-corrected chi connectivity index (χ4v) is 3.21. The second-order valence-electron chi connectivity index (χ2n) is 8.08. The number of aromatic nitrogens is 1. The van der Waals surface area contributed by atoms with Gasteiger partial charge in [-0.2, -0.15) is 0 Å². The van der Waals surface area contributed by atoms with E-state index in [2.05, 4.69) is 21.1 Å². The summed E-state index contributed by atoms with van der Waals surface area (Å²) in [6.45, 7) is 7.31. The van der Waals surface area contributed by atoms with E-state index in [0.717, 1.165) is 16.8 Å². The number of carboxylic acid groups (broad SMARTS) is 1. The Balaban J connectivity index is 1.63. The summed E-state index contributed by atoms with van der Waals surface area (Å²) in [5.41, 5.74) is 4.45. The van der Waals surface area contributed by atoms with Crippen LogP contribution in [0.3, 0.4) is 0 Å². The zero-order valence-electron chi connectivity index (χ0n) is 18.8. The van der Waals surface area contributed by atoms with Gasteiger partial charge < -0.3 is 25.6 Å². The molecule has 4 N–H and O–H groups in total. The fourth-order valence-electron chi connectivity index (χ4n) is 3.21. The van der Waals surface area contributed by atoms with Crippen LogP contribution < -0.4 is 16.0 Å². The molecule has 0 saturated carbocycles. The first-order valence-electron chi connectivity index (χ1n) is 10.4. The van der Waals surface area contributed by atoms with Gasteiger partial charge in [-0.3, -0.25) is 4.79 Å². The number of rotatable bonds is 7. The summed E-state index contributed by atoms with van der Waals surface area (Å²) in [7, 11) is 0. The molecule has 1 unspecified atom stereocenters. The average molecular weight is 450 g/mol. The van der Waals surface area contributed by atoms with Gasteiger partial charge in [0, 0.05) is 23.0 Å². The molecule has 33 heavy (non-hydrogen) atoms. The molecule has 0 aliphatic rings. The molecule has 0 aliphatic heterocycles. The predicted molar refractivity (Wildman–Crippen MR) is 124 cm³/mol. The number of carboxylic acids is 1. The molecular formula is C24H26N4O5. The van der Waals surface area contributed by atoms with Crippen molar-refractivity contribution in [2.45, 2.75) is 33.7 Å². The van der Waals surface area contributed by atoms with Crippen LogP contribution in [0.2, 0.25) is 0 Å². The van der Waals surface area contributed by atoms with Crippen LogP contribution in [0.15, 0.2) is 53.1 Å². The van der Waals surface area contributed by atoms with Crippen LogP contribution in [0, 0.1) is 19.8 Å². The lowest BCUT2D eigenvalue weighted by Crippen LogP contribution is -2.44. The maximum absolute atomic E-state index is 12.3. The molecule has 3 rings (SSSR count). The van der Waals surface area contributed by atoms with E-state index < -0.39 is 17.9 Å². The van der Waals surface area contributed by atoms with E-state index in [4.69, 9.17) is 4.52 Å². The number of hydrogen-bond donors (Lipinski definition) is 4. The van der Waals surface area contributed by atoms with Gasteiger partial charge in [0.2, 0.25) is 5.76 Å². The molecule has 3 aromatic rings. The monoisotopic (exact) mass is 450 g/mol. The highest BCUT2D eigenvalue weighted by Crippen LogP contribution is 2.22. The third kappa shape index (κ3) is 5.97. The van der Waals surface area contributed by atoms with Gasteiger partial charge in [-0.15, -0.1) is 0 Å². The van der Waals surface area contributed by atoms with Crippen molar-refractivity contribution in [3.63, 3.8) is 0 Å². The largest absolute Gasteiger partial charge is 0.480 e. The average Bonchev–Trinajstić information content (AvgIpc) is 3.24. The van der Waals surface area contributed by atoms with Crippen molar-refractivity contribution in [1.82, 2.24) is 10.5 Å². The van der Waals surface area contributed by atoms with Crippen LogP contribution in [0.5, 0.6) is 0 Å². The number of urea groups is 1. The van der Waals surface area contributed by atoms with Gasteiger partial charge in [-0.05, 0) is 43.5 Å². The molecule has 172 valence electrons. The molecule has 0 aliphatic carbocycles. The van der Waals surface area contributed by atoms with Gasteiger partial charge in [0.1, 0.15) is 11.7 Å². The zero-order chi connectivity index (χ0) is 24.1. The first-order valence-corrected chi connectivity index (χ1v) is 10.4. The molecule has 0 bridgehead atoms. The van der Waals surface area contributed by atoms with E-state index in [9.17, 15) is 19.5 Å². The Labute approximate surface area is 191 Å². The fraction of sp³-hybridized carbons (Fsp3) is 0.250. The number of carbonyl (C=O) groups excluding carboxylic acids is 2. The van der Waals surface area contributed by atoms with E-state index in [0.29, 0.717) is 16.9 Å². The van der Waals surface area contributed by atoms with Gasteiger partial charge in [0.25, 0.3) is 5.91 Å². The predicted octanol–water partition coefficient (Wildman–Crippen LogP) is 4.44. The summed E-state index contributed by atoms with van der Waals surface area (Å²) >= 11 is 0. The third-order valence-corrected chi connectivity index (χ3v) is 5.02. The molecule has 9 heteroatoms. The van der Waals surface area contributed by atoms with Gasteiger partial charge in [0.15, 0.2) is 0 Å². The number of aryl methyl sites for hydroxylation is 2. The summed E-state index contributed by atoms with van der Waals surface area (Å²) in [5, 5.41) is 21.1. The second-order valence-corrected chi connectivity index (χ2v) is 8.08. The van der Waals surface area contributed by atoms with Crippen LogP contribution in [0.1, 0.15) is 35.5 Å². The van der Waals surface area contributed by atoms with Crippen LogP contribution >= 0.6 is 0 Å². The van der Waals surface area contributed by atoms with E-state index in [1.807, 2.05) is 32.0 Å². The minimum atomic E-state index is -1.12. The summed E-state index contributed by atoms with van der Waals surface area (Å²) < 4.78 is 5.09. The Morgan fingerprint density at radius 1 is 0.970 bits per heavy atom. The smallest absolute Gasteiger partial charge is 0.326 e. The summed E-state index contributed by atoms with van der Waals surface area (Å²) in [4.78, 5) is 35.9. The molecule has 1 atom stereocenters. The molecule has 0 fully saturated rings. The Morgan fingerprint density at radius 2 is 1.67 bits per heavy atom. The Bertz CT molecular complexity index is 1170. The molecule has 9 nitrogen and oxygen atoms in total. The van der Waals surface area contributed by atoms with Crippen LogP contribution in [0.25, 0.3) is 11.3 Å². The summed E-state index contributed by atoms with van der Waals surface area (Å²) in [5.74, 6) is -2.16. The Hall–Kier alpha value is -4.14. The molecule has 3 amide bonds. The maximum atomic E-state index is 12.3. The number of aliphatic carboxylic acids is 1. The molecule has 2 aromatic carbocycles. The SMILES string of the molecule is Cc1ccc(NC(=O)Nc2ccc(-c3cc(C(=O)NC(C(=O)O)C(C)C)on3)cc2)c(C)c1. The summed E-state index contributed by atoms with van der Waals surface area (Å²) in [6.07, 6.45) is 0. The van der Waals surface area contributed by atoms with Crippen molar-refractivity contribution in [3.05, 3.63) is 65.4 Å². The van der Waals surface area contributed by atoms with Crippen molar-refractivity contribution in [3.8, 4) is 11.3 Å². The zero-order valence-corrected chi connectivity index (χ0v) is 18.8. The number of hydrogen-bond acceptors (Lipinski definition) is 5. The quantitative estimate of drug-likeness (QED) is 0.420. The van der Waals surface area contributed by atoms with E-state index >= 15 is 0 Å². The molecule has 1 heterocycles. The molecular weight excluding hydrogens is 424 g/mol. The molecule has 0 saturated heterocycles. The topological polar surface area (TPSA) is 134 Å². The van der Waals surface area contributed by atoms with Crippen molar-refractivity contribution in [1.29, 1.82) is 0 Å². The number of anilines is 2. The highest BCUT2D eigenvalue weighted by Gasteiger charge is 2.25. The molecule has 0 spiro atoms. The summed E-state index contributed by atoms with van der Waals surface area (Å²) in [6, 6.07) is 12.6. The molecule has 0 radical (unpaired) electrons. The second kappa shape index (κ2) is 9.99. The lowest BCUT2D eigenvalue weighted by atomic mass is 10.0. The first kappa shape index (κ1) is 23.5. The van der Waals surface area contributed by atoms with Crippen molar-refractivity contribution >= 4 is 29.3 Å². The number of nitrogens with zero attached hydrogens (tertiary/aromatic N) is 1. The number of nitrogens with one attached hydrogen (secondary N) is 3. The first-order chi connectivity index (χ1) is 15.6. The lowest BCUT2D eigenvalue weighted by molar-refractivity contribution is -0.140. The minimum absolute atomic E-state index is 0.0908. The van der Waals surface area contributed by atoms with Gasteiger partial charge in [-0.25, -0.2) is 9.59 Å². The van der Waals surface area contributed by atoms with Crippen molar-refractivity contribution in [2.75, 3.05) is 10.6 Å². The van der Waals surface area contributed by atoms with Gasteiger partial charge in [0.05, 0.1) is 0 Å². The van der Waals surface area contributed by atoms with Crippen molar-refractivity contribution < 1.29 is 24.0 Å². The van der Waals surface area contributed by atoms with E-state index in [1.165, 1.54) is 6.07 Å². The number of amides is 3. The van der Waals surface area contributed by atoms with E-state index in [-0.39, 0.29) is 17.7 Å². The standard InChI is InChI=1S/C24H26N4O5/c1-13(2)21(23(30)31)27-22(29)20-12-19(28-33-20)16-6-8-17(9-7-16)25-24(32)26-18-10-5-14(3)11-15(18)4/h5-13,21H,1-4H3,(H,27,29)(H,30,31)(H2,25,26,32). The highest BCUT2D eigenvalue weighted by atomic mass is 16.5. The highest BCUT2D eigenvalue weighted by molar-refractivity contribution is 6.00. The maximum Gasteiger partial charge on any atom is 0.326 e. The van der Waals surface area contributed by atoms with Crippen LogP contribution in [0.4, 0.5) is 16.2 Å². The lowest BCUT2D eigenvalue weighted by Gasteiger charge is -2.16. The van der Waals surface area contributed by atoms with Gasteiger partial charge >= 0.3 is 12.0 Å².